The molecule has 9 heteroatoms. The fraction of sp³-hybridized carbons (Fsp3) is 0.611. The van der Waals surface area contributed by atoms with Crippen molar-refractivity contribution in [3.05, 3.63) is 18.2 Å². The van der Waals surface area contributed by atoms with E-state index < -0.39 is 16.1 Å². The van der Waals surface area contributed by atoms with Gasteiger partial charge in [0.1, 0.15) is 19.3 Å². The highest BCUT2D eigenvalue weighted by Gasteiger charge is 2.30. The van der Waals surface area contributed by atoms with Gasteiger partial charge < -0.3 is 14.8 Å². The molecule has 0 saturated heterocycles. The van der Waals surface area contributed by atoms with Crippen LogP contribution in [0.25, 0.3) is 0 Å². The first-order valence-electron chi connectivity index (χ1n) is 8.80. The Hall–Kier alpha value is -1.61. The lowest BCUT2D eigenvalue weighted by atomic mass is 10.2. The SMILES string of the molecule is C[C@H](C(=O)NCCSC(C)(C)C)N(c1ccc2c(c1)OCCO2)S(C)(=O)=O. The van der Waals surface area contributed by atoms with Crippen LogP contribution in [0.4, 0.5) is 5.69 Å². The minimum Gasteiger partial charge on any atom is -0.486 e. The zero-order valence-electron chi connectivity index (χ0n) is 16.4. The van der Waals surface area contributed by atoms with Crippen LogP contribution in [-0.2, 0) is 14.8 Å². The fourth-order valence-electron chi connectivity index (χ4n) is 2.66. The fourth-order valence-corrected chi connectivity index (χ4v) is 4.64. The molecule has 1 aliphatic heterocycles. The largest absolute Gasteiger partial charge is 0.486 e. The van der Waals surface area contributed by atoms with Gasteiger partial charge in [-0.2, -0.15) is 11.8 Å². The van der Waals surface area contributed by atoms with Crippen molar-refractivity contribution in [1.82, 2.24) is 5.32 Å². The number of nitrogens with zero attached hydrogens (tertiary/aromatic N) is 1. The number of ether oxygens (including phenoxy) is 2. The number of rotatable bonds is 7. The predicted octanol–water partition coefficient (Wildman–Crippen LogP) is 2.26. The third-order valence-electron chi connectivity index (χ3n) is 3.81. The molecule has 1 aliphatic rings. The third-order valence-corrected chi connectivity index (χ3v) is 6.32. The van der Waals surface area contributed by atoms with Gasteiger partial charge in [0, 0.05) is 23.1 Å². The minimum atomic E-state index is -3.67. The van der Waals surface area contributed by atoms with Crippen LogP contribution in [0.1, 0.15) is 27.7 Å². The van der Waals surface area contributed by atoms with Crippen LogP contribution in [0.5, 0.6) is 11.5 Å². The second-order valence-corrected chi connectivity index (χ2v) is 11.1. The zero-order chi connectivity index (χ0) is 20.2. The monoisotopic (exact) mass is 416 g/mol. The van der Waals surface area contributed by atoms with E-state index in [9.17, 15) is 13.2 Å². The Morgan fingerprint density at radius 1 is 1.26 bits per heavy atom. The number of carbonyl (C=O) groups is 1. The summed E-state index contributed by atoms with van der Waals surface area (Å²) in [4.78, 5) is 12.5. The molecule has 1 N–H and O–H groups in total. The average molecular weight is 417 g/mol. The van der Waals surface area contributed by atoms with Crippen molar-refractivity contribution < 1.29 is 22.7 Å². The first-order valence-corrected chi connectivity index (χ1v) is 11.6. The lowest BCUT2D eigenvalue weighted by Crippen LogP contribution is -2.48. The van der Waals surface area contributed by atoms with Gasteiger partial charge in [0.05, 0.1) is 11.9 Å². The van der Waals surface area contributed by atoms with E-state index in [0.29, 0.717) is 36.9 Å². The van der Waals surface area contributed by atoms with Crippen molar-refractivity contribution in [3.63, 3.8) is 0 Å². The number of fused-ring (bicyclic) bond motifs is 1. The Balaban J connectivity index is 2.13. The van der Waals surface area contributed by atoms with Crippen LogP contribution >= 0.6 is 11.8 Å². The first-order chi connectivity index (χ1) is 12.5. The molecule has 0 fully saturated rings. The number of hydrogen-bond donors (Lipinski definition) is 1. The normalized spacial score (nSPS) is 15.1. The summed E-state index contributed by atoms with van der Waals surface area (Å²) in [5.41, 5.74) is 0.369. The van der Waals surface area contributed by atoms with E-state index in [1.165, 1.54) is 0 Å². The van der Waals surface area contributed by atoms with Crippen molar-refractivity contribution in [2.24, 2.45) is 0 Å². The highest BCUT2D eigenvalue weighted by Crippen LogP contribution is 2.35. The van der Waals surface area contributed by atoms with E-state index in [2.05, 4.69) is 26.1 Å². The van der Waals surface area contributed by atoms with E-state index >= 15 is 0 Å². The maximum Gasteiger partial charge on any atom is 0.243 e. The van der Waals surface area contributed by atoms with Gasteiger partial charge in [-0.1, -0.05) is 20.8 Å². The maximum absolute atomic E-state index is 12.5. The second-order valence-electron chi connectivity index (χ2n) is 7.31. The van der Waals surface area contributed by atoms with Gasteiger partial charge in [-0.25, -0.2) is 8.42 Å². The smallest absolute Gasteiger partial charge is 0.243 e. The van der Waals surface area contributed by atoms with E-state index in [0.717, 1.165) is 16.3 Å². The number of thioether (sulfide) groups is 1. The number of amides is 1. The van der Waals surface area contributed by atoms with Gasteiger partial charge in [-0.15, -0.1) is 0 Å². The molecule has 1 atom stereocenters. The van der Waals surface area contributed by atoms with Crippen molar-refractivity contribution in [1.29, 1.82) is 0 Å². The molecule has 0 radical (unpaired) electrons. The summed E-state index contributed by atoms with van der Waals surface area (Å²) in [6, 6.07) is 3.98. The molecule has 0 aliphatic carbocycles. The molecule has 0 aromatic heterocycles. The number of sulfonamides is 1. The van der Waals surface area contributed by atoms with Gasteiger partial charge in [0.25, 0.3) is 0 Å². The van der Waals surface area contributed by atoms with Gasteiger partial charge in [0.15, 0.2) is 11.5 Å². The first kappa shape index (κ1) is 21.7. The van der Waals surface area contributed by atoms with Gasteiger partial charge >= 0.3 is 0 Å². The summed E-state index contributed by atoms with van der Waals surface area (Å²) < 4.78 is 37.0. The lowest BCUT2D eigenvalue weighted by molar-refractivity contribution is -0.121. The van der Waals surface area contributed by atoms with Crippen molar-refractivity contribution in [2.75, 3.05) is 36.1 Å². The molecule has 152 valence electrons. The van der Waals surface area contributed by atoms with Gasteiger partial charge in [0.2, 0.25) is 15.9 Å². The quantitative estimate of drug-likeness (QED) is 0.687. The summed E-state index contributed by atoms with van der Waals surface area (Å²) in [5, 5.41) is 2.82. The number of anilines is 1. The van der Waals surface area contributed by atoms with E-state index in [4.69, 9.17) is 9.47 Å². The molecule has 7 nitrogen and oxygen atoms in total. The second kappa shape index (κ2) is 8.60. The maximum atomic E-state index is 12.5. The summed E-state index contributed by atoms with van der Waals surface area (Å²) in [7, 11) is -3.67. The van der Waals surface area contributed by atoms with Crippen LogP contribution in [-0.4, -0.2) is 56.9 Å². The molecule has 0 saturated carbocycles. The molecule has 2 rings (SSSR count). The molecular weight excluding hydrogens is 388 g/mol. The lowest BCUT2D eigenvalue weighted by Gasteiger charge is -2.29. The Labute approximate surface area is 165 Å². The number of benzene rings is 1. The molecule has 0 unspecified atom stereocenters. The number of carbonyl (C=O) groups excluding carboxylic acids is 1. The van der Waals surface area contributed by atoms with Crippen molar-refractivity contribution in [3.8, 4) is 11.5 Å². The molecule has 1 heterocycles. The van der Waals surface area contributed by atoms with Gasteiger partial charge in [-0.05, 0) is 19.1 Å². The van der Waals surface area contributed by atoms with Crippen LogP contribution in [0.2, 0.25) is 0 Å². The summed E-state index contributed by atoms with van der Waals surface area (Å²) >= 11 is 1.74. The Morgan fingerprint density at radius 2 is 1.89 bits per heavy atom. The molecule has 1 amide bonds. The van der Waals surface area contributed by atoms with Crippen LogP contribution < -0.4 is 19.1 Å². The molecule has 27 heavy (non-hydrogen) atoms. The third kappa shape index (κ3) is 6.21. The van der Waals surface area contributed by atoms with Gasteiger partial charge in [-0.3, -0.25) is 9.10 Å². The van der Waals surface area contributed by atoms with Crippen LogP contribution in [0, 0.1) is 0 Å². The Kier molecular flexibility index (Phi) is 6.91. The van der Waals surface area contributed by atoms with Crippen LogP contribution in [0.3, 0.4) is 0 Å². The van der Waals surface area contributed by atoms with Crippen LogP contribution in [0.15, 0.2) is 18.2 Å². The van der Waals surface area contributed by atoms with E-state index in [1.807, 2.05) is 0 Å². The predicted molar refractivity (Wildman–Crippen MR) is 109 cm³/mol. The van der Waals surface area contributed by atoms with Crippen molar-refractivity contribution >= 4 is 33.4 Å². The molecule has 1 aromatic carbocycles. The minimum absolute atomic E-state index is 0.111. The average Bonchev–Trinajstić information content (AvgIpc) is 2.56. The summed E-state index contributed by atoms with van der Waals surface area (Å²) in [5.74, 6) is 1.45. The number of hydrogen-bond acceptors (Lipinski definition) is 6. The number of nitrogens with one attached hydrogen (secondary N) is 1. The van der Waals surface area contributed by atoms with E-state index in [1.54, 1.807) is 36.9 Å². The topological polar surface area (TPSA) is 84.9 Å². The Morgan fingerprint density at radius 3 is 2.48 bits per heavy atom. The highest BCUT2D eigenvalue weighted by molar-refractivity contribution is 8.00. The molecular formula is C18H28N2O5S2. The van der Waals surface area contributed by atoms with E-state index in [-0.39, 0.29) is 10.7 Å². The van der Waals surface area contributed by atoms with Crippen molar-refractivity contribution in [2.45, 2.75) is 38.5 Å². The zero-order valence-corrected chi connectivity index (χ0v) is 18.1. The molecule has 0 bridgehead atoms. The molecule has 1 aromatic rings. The summed E-state index contributed by atoms with van der Waals surface area (Å²) in [6.07, 6.45) is 1.09. The molecule has 0 spiro atoms. The standard InChI is InChI=1S/C18H28N2O5S2/c1-13(17(21)19-8-11-26-18(2,3)4)20(27(5,22)23)14-6-7-15-16(12-14)25-10-9-24-15/h6-7,12-13H,8-11H2,1-5H3,(H,19,21)/t13-/m1/s1. The summed E-state index contributed by atoms with van der Waals surface area (Å²) in [6.45, 7) is 9.22. The highest BCUT2D eigenvalue weighted by atomic mass is 32.2. The Bertz CT molecular complexity index is 774.